The van der Waals surface area contributed by atoms with Crippen molar-refractivity contribution in [3.8, 4) is 0 Å². The Bertz CT molecular complexity index is 610. The van der Waals surface area contributed by atoms with Crippen LogP contribution in [0.4, 0.5) is 0 Å². The molecule has 1 amide bonds. The largest absolute Gasteiger partial charge is 0.350 e. The van der Waals surface area contributed by atoms with E-state index in [1.807, 2.05) is 55.5 Å². The van der Waals surface area contributed by atoms with Gasteiger partial charge in [0, 0.05) is 16.5 Å². The van der Waals surface area contributed by atoms with Gasteiger partial charge in [0.15, 0.2) is 0 Å². The van der Waals surface area contributed by atoms with Gasteiger partial charge in [-0.15, -0.1) is 0 Å². The van der Waals surface area contributed by atoms with Crippen LogP contribution in [-0.2, 0) is 11.2 Å². The summed E-state index contributed by atoms with van der Waals surface area (Å²) in [5.74, 6) is 0.0254. The molecule has 2 nitrogen and oxygen atoms in total. The first-order chi connectivity index (χ1) is 10.0. The van der Waals surface area contributed by atoms with Crippen LogP contribution in [0.25, 0.3) is 0 Å². The molecule has 0 aliphatic carbocycles. The molecule has 0 aromatic heterocycles. The third-order valence-corrected chi connectivity index (χ3v) is 3.77. The molecule has 0 bridgehead atoms. The van der Waals surface area contributed by atoms with Gasteiger partial charge in [0.2, 0.25) is 5.91 Å². The molecule has 1 N–H and O–H groups in total. The summed E-state index contributed by atoms with van der Waals surface area (Å²) in [4.78, 5) is 12.0. The minimum atomic E-state index is -0.0542. The van der Waals surface area contributed by atoms with Crippen molar-refractivity contribution in [1.82, 2.24) is 5.32 Å². The van der Waals surface area contributed by atoms with Crippen molar-refractivity contribution in [1.29, 1.82) is 0 Å². The van der Waals surface area contributed by atoms with Gasteiger partial charge in [-0.25, -0.2) is 0 Å². The first-order valence-electron chi connectivity index (χ1n) is 6.84. The minimum absolute atomic E-state index is 0.0254. The lowest BCUT2D eigenvalue weighted by Gasteiger charge is -2.14. The van der Waals surface area contributed by atoms with E-state index in [0.717, 1.165) is 11.1 Å². The van der Waals surface area contributed by atoms with E-state index in [4.69, 9.17) is 23.2 Å². The molecule has 0 aliphatic rings. The van der Waals surface area contributed by atoms with Crippen LogP contribution in [0, 0.1) is 0 Å². The lowest BCUT2D eigenvalue weighted by Crippen LogP contribution is -2.26. The molecular formula is C17H17Cl2NO. The van der Waals surface area contributed by atoms with Crippen molar-refractivity contribution in [2.75, 3.05) is 0 Å². The Morgan fingerprint density at radius 2 is 1.81 bits per heavy atom. The fraction of sp³-hybridized carbons (Fsp3) is 0.235. The Balaban J connectivity index is 1.85. The highest BCUT2D eigenvalue weighted by molar-refractivity contribution is 6.30. The van der Waals surface area contributed by atoms with Crippen LogP contribution in [-0.4, -0.2) is 5.91 Å². The number of rotatable bonds is 5. The van der Waals surface area contributed by atoms with E-state index in [-0.39, 0.29) is 11.9 Å². The molecular weight excluding hydrogens is 305 g/mol. The lowest BCUT2D eigenvalue weighted by atomic mass is 10.1. The summed E-state index contributed by atoms with van der Waals surface area (Å²) in [5.41, 5.74) is 2.10. The molecule has 0 saturated carbocycles. The zero-order valence-corrected chi connectivity index (χ0v) is 13.3. The molecule has 2 aromatic carbocycles. The third kappa shape index (κ3) is 5.07. The molecule has 0 aliphatic heterocycles. The van der Waals surface area contributed by atoms with E-state index in [1.54, 1.807) is 0 Å². The molecule has 0 heterocycles. The average Bonchev–Trinajstić information content (AvgIpc) is 2.46. The molecule has 0 saturated heterocycles. The number of halogens is 2. The van der Waals surface area contributed by atoms with E-state index in [1.165, 1.54) is 0 Å². The van der Waals surface area contributed by atoms with Crippen LogP contribution in [0.15, 0.2) is 48.5 Å². The van der Waals surface area contributed by atoms with Crippen molar-refractivity contribution in [3.63, 3.8) is 0 Å². The quantitative estimate of drug-likeness (QED) is 0.841. The number of hydrogen-bond acceptors (Lipinski definition) is 1. The van der Waals surface area contributed by atoms with Crippen LogP contribution in [0.2, 0.25) is 10.0 Å². The maximum Gasteiger partial charge on any atom is 0.220 e. The smallest absolute Gasteiger partial charge is 0.220 e. The van der Waals surface area contributed by atoms with Gasteiger partial charge in [-0.3, -0.25) is 4.79 Å². The van der Waals surface area contributed by atoms with E-state index >= 15 is 0 Å². The van der Waals surface area contributed by atoms with Crippen molar-refractivity contribution in [3.05, 3.63) is 69.7 Å². The van der Waals surface area contributed by atoms with Crippen LogP contribution in [0.3, 0.4) is 0 Å². The number of carbonyl (C=O) groups excluding carboxylic acids is 1. The van der Waals surface area contributed by atoms with Gasteiger partial charge in [0.05, 0.1) is 6.04 Å². The summed E-state index contributed by atoms with van der Waals surface area (Å²) < 4.78 is 0. The molecule has 2 aromatic rings. The summed E-state index contributed by atoms with van der Waals surface area (Å²) in [6, 6.07) is 15.0. The zero-order valence-electron chi connectivity index (χ0n) is 11.8. The predicted octanol–water partition coefficient (Wildman–Crippen LogP) is 4.80. The van der Waals surface area contributed by atoms with Crippen molar-refractivity contribution in [2.24, 2.45) is 0 Å². The summed E-state index contributed by atoms with van der Waals surface area (Å²) >= 11 is 11.8. The monoisotopic (exact) mass is 321 g/mol. The number of nitrogens with one attached hydrogen (secondary N) is 1. The second-order valence-electron chi connectivity index (χ2n) is 4.97. The molecule has 1 unspecified atom stereocenters. The Hall–Kier alpha value is -1.51. The van der Waals surface area contributed by atoms with E-state index in [9.17, 15) is 4.79 Å². The molecule has 0 spiro atoms. The maximum absolute atomic E-state index is 12.0. The van der Waals surface area contributed by atoms with Gasteiger partial charge in [-0.1, -0.05) is 47.5 Å². The average molecular weight is 322 g/mol. The Morgan fingerprint density at radius 3 is 2.48 bits per heavy atom. The highest BCUT2D eigenvalue weighted by Gasteiger charge is 2.09. The number of aryl methyl sites for hydroxylation is 1. The fourth-order valence-electron chi connectivity index (χ4n) is 2.08. The first kappa shape index (κ1) is 15.9. The van der Waals surface area contributed by atoms with Crippen LogP contribution >= 0.6 is 23.2 Å². The summed E-state index contributed by atoms with van der Waals surface area (Å²) in [7, 11) is 0. The Kier molecular flexibility index (Phi) is 5.66. The number of amides is 1. The molecule has 0 radical (unpaired) electrons. The van der Waals surface area contributed by atoms with Gasteiger partial charge < -0.3 is 5.32 Å². The molecule has 0 fully saturated rings. The third-order valence-electron chi connectivity index (χ3n) is 3.28. The summed E-state index contributed by atoms with van der Waals surface area (Å²) in [6.07, 6.45) is 1.15. The molecule has 21 heavy (non-hydrogen) atoms. The van der Waals surface area contributed by atoms with E-state index < -0.39 is 0 Å². The SMILES string of the molecule is CC(NC(=O)CCc1ccc(Cl)cc1)c1cccc(Cl)c1. The summed E-state index contributed by atoms with van der Waals surface area (Å²) in [6.45, 7) is 1.95. The van der Waals surface area contributed by atoms with Crippen molar-refractivity contribution >= 4 is 29.1 Å². The van der Waals surface area contributed by atoms with Gasteiger partial charge in [0.1, 0.15) is 0 Å². The minimum Gasteiger partial charge on any atom is -0.350 e. The van der Waals surface area contributed by atoms with Crippen LogP contribution < -0.4 is 5.32 Å². The molecule has 4 heteroatoms. The first-order valence-corrected chi connectivity index (χ1v) is 7.59. The molecule has 110 valence electrons. The van der Waals surface area contributed by atoms with Gasteiger partial charge >= 0.3 is 0 Å². The normalized spacial score (nSPS) is 12.0. The number of hydrogen-bond donors (Lipinski definition) is 1. The molecule has 2 rings (SSSR count). The Morgan fingerprint density at radius 1 is 1.10 bits per heavy atom. The van der Waals surface area contributed by atoms with Gasteiger partial charge in [-0.2, -0.15) is 0 Å². The van der Waals surface area contributed by atoms with E-state index in [2.05, 4.69) is 5.32 Å². The second-order valence-corrected chi connectivity index (χ2v) is 5.84. The fourth-order valence-corrected chi connectivity index (χ4v) is 2.41. The summed E-state index contributed by atoms with van der Waals surface area (Å²) in [5, 5.41) is 4.36. The lowest BCUT2D eigenvalue weighted by molar-refractivity contribution is -0.121. The zero-order chi connectivity index (χ0) is 15.2. The van der Waals surface area contributed by atoms with Gasteiger partial charge in [-0.05, 0) is 48.7 Å². The van der Waals surface area contributed by atoms with Crippen molar-refractivity contribution < 1.29 is 4.79 Å². The maximum atomic E-state index is 12.0. The highest BCUT2D eigenvalue weighted by Crippen LogP contribution is 2.17. The second kappa shape index (κ2) is 7.48. The number of benzene rings is 2. The van der Waals surface area contributed by atoms with Crippen molar-refractivity contribution in [2.45, 2.75) is 25.8 Å². The highest BCUT2D eigenvalue weighted by atomic mass is 35.5. The van der Waals surface area contributed by atoms with Crippen LogP contribution in [0.5, 0.6) is 0 Å². The molecule has 1 atom stereocenters. The van der Waals surface area contributed by atoms with E-state index in [0.29, 0.717) is 22.9 Å². The Labute approximate surface area is 135 Å². The predicted molar refractivity (Wildman–Crippen MR) is 87.8 cm³/mol. The topological polar surface area (TPSA) is 29.1 Å². The standard InChI is InChI=1S/C17H17Cl2NO/c1-12(14-3-2-4-16(19)11-14)20-17(21)10-7-13-5-8-15(18)9-6-13/h2-6,8-9,11-12H,7,10H2,1H3,(H,20,21). The number of carbonyl (C=O) groups is 1. The van der Waals surface area contributed by atoms with Gasteiger partial charge in [0.25, 0.3) is 0 Å². The van der Waals surface area contributed by atoms with Crippen LogP contribution in [0.1, 0.15) is 30.5 Å².